The molecule has 9 heteroatoms. The number of carbonyl (C=O) groups is 2. The molecule has 0 radical (unpaired) electrons. The number of nitrogens with zero attached hydrogens (tertiary/aromatic N) is 1. The maximum atomic E-state index is 12.4. The van der Waals surface area contributed by atoms with Crippen LogP contribution in [0.5, 0.6) is 5.75 Å². The fourth-order valence-electron chi connectivity index (χ4n) is 2.82. The molecular formula is C17H24N2O6S. The van der Waals surface area contributed by atoms with Gasteiger partial charge in [0.1, 0.15) is 5.75 Å². The number of carboxylic acid groups (broad SMARTS) is 1. The van der Waals surface area contributed by atoms with Crippen LogP contribution in [0.25, 0.3) is 0 Å². The van der Waals surface area contributed by atoms with Crippen molar-refractivity contribution < 1.29 is 27.9 Å². The molecule has 144 valence electrons. The summed E-state index contributed by atoms with van der Waals surface area (Å²) in [4.78, 5) is 22.9. The van der Waals surface area contributed by atoms with Gasteiger partial charge in [0.15, 0.2) is 6.61 Å². The van der Waals surface area contributed by atoms with E-state index < -0.39 is 22.6 Å². The van der Waals surface area contributed by atoms with Crippen LogP contribution in [0.2, 0.25) is 0 Å². The minimum Gasteiger partial charge on any atom is -0.482 e. The summed E-state index contributed by atoms with van der Waals surface area (Å²) in [6.45, 7) is 2.10. The monoisotopic (exact) mass is 384 g/mol. The maximum absolute atomic E-state index is 12.4. The van der Waals surface area contributed by atoms with Gasteiger partial charge in [-0.1, -0.05) is 12.1 Å². The highest BCUT2D eigenvalue weighted by molar-refractivity contribution is 7.89. The Morgan fingerprint density at radius 2 is 2.15 bits per heavy atom. The topological polar surface area (TPSA) is 113 Å². The van der Waals surface area contributed by atoms with Gasteiger partial charge in [0.05, 0.1) is 11.7 Å². The van der Waals surface area contributed by atoms with Gasteiger partial charge in [0.25, 0.3) is 0 Å². The largest absolute Gasteiger partial charge is 0.482 e. The molecule has 0 spiro atoms. The van der Waals surface area contributed by atoms with Gasteiger partial charge in [0.2, 0.25) is 15.9 Å². The maximum Gasteiger partial charge on any atom is 0.341 e. The van der Waals surface area contributed by atoms with Gasteiger partial charge in [-0.15, -0.1) is 0 Å². The number of hydrogen-bond donors (Lipinski definition) is 2. The average Bonchev–Trinajstić information content (AvgIpc) is 2.65. The molecule has 1 unspecified atom stereocenters. The predicted octanol–water partition coefficient (Wildman–Crippen LogP) is 0.828. The number of benzene rings is 1. The Morgan fingerprint density at radius 1 is 1.38 bits per heavy atom. The van der Waals surface area contributed by atoms with Crippen molar-refractivity contribution in [1.82, 2.24) is 9.62 Å². The molecule has 2 N–H and O–H groups in total. The minimum absolute atomic E-state index is 0.0322. The van der Waals surface area contributed by atoms with E-state index in [1.165, 1.54) is 4.31 Å². The number of carbonyl (C=O) groups excluding carboxylic acids is 1. The molecule has 2 rings (SSSR count). The molecule has 0 aromatic heterocycles. The molecule has 1 aromatic rings. The zero-order valence-electron chi connectivity index (χ0n) is 14.7. The van der Waals surface area contributed by atoms with Crippen LogP contribution in [-0.2, 0) is 26.2 Å². The Balaban J connectivity index is 1.90. The van der Waals surface area contributed by atoms with Crippen molar-refractivity contribution in [3.63, 3.8) is 0 Å². The van der Waals surface area contributed by atoms with Crippen LogP contribution in [0.15, 0.2) is 24.3 Å². The predicted molar refractivity (Wildman–Crippen MR) is 95.2 cm³/mol. The SMILES string of the molecule is CCS(=O)(=O)N1CCCC(C(=O)NCc2cccc(OCC(=O)O)c2)C1. The van der Waals surface area contributed by atoms with Crippen molar-refractivity contribution in [3.8, 4) is 5.75 Å². The third-order valence-electron chi connectivity index (χ3n) is 4.24. The summed E-state index contributed by atoms with van der Waals surface area (Å²) in [7, 11) is -3.28. The Labute approximate surface area is 153 Å². The molecule has 0 bridgehead atoms. The summed E-state index contributed by atoms with van der Waals surface area (Å²) < 4.78 is 30.5. The van der Waals surface area contributed by atoms with Gasteiger partial charge >= 0.3 is 5.97 Å². The Morgan fingerprint density at radius 3 is 2.85 bits per heavy atom. The number of carboxylic acids is 1. The second-order valence-corrected chi connectivity index (χ2v) is 8.40. The first-order chi connectivity index (χ1) is 12.3. The lowest BCUT2D eigenvalue weighted by molar-refractivity contribution is -0.139. The summed E-state index contributed by atoms with van der Waals surface area (Å²) in [5.74, 6) is -1.16. The molecule has 1 fully saturated rings. The first-order valence-corrected chi connectivity index (χ1v) is 10.1. The Hall–Kier alpha value is -2.13. The number of piperidine rings is 1. The summed E-state index contributed by atoms with van der Waals surface area (Å²) in [5, 5.41) is 11.5. The molecule has 1 atom stereocenters. The zero-order valence-corrected chi connectivity index (χ0v) is 15.5. The molecule has 8 nitrogen and oxygen atoms in total. The van der Waals surface area contributed by atoms with Crippen LogP contribution in [0.4, 0.5) is 0 Å². The van der Waals surface area contributed by atoms with E-state index in [4.69, 9.17) is 9.84 Å². The molecule has 1 heterocycles. The average molecular weight is 384 g/mol. The van der Waals surface area contributed by atoms with Gasteiger partial charge in [-0.3, -0.25) is 4.79 Å². The first-order valence-electron chi connectivity index (χ1n) is 8.51. The van der Waals surface area contributed by atoms with E-state index in [1.807, 2.05) is 0 Å². The molecule has 1 aromatic carbocycles. The molecule has 1 aliphatic rings. The first kappa shape index (κ1) is 20.2. The van der Waals surface area contributed by atoms with E-state index >= 15 is 0 Å². The highest BCUT2D eigenvalue weighted by Crippen LogP contribution is 2.20. The van der Waals surface area contributed by atoms with Crippen molar-refractivity contribution in [2.75, 3.05) is 25.4 Å². The van der Waals surface area contributed by atoms with E-state index in [0.29, 0.717) is 25.1 Å². The van der Waals surface area contributed by atoms with Crippen LogP contribution >= 0.6 is 0 Å². The fraction of sp³-hybridized carbons (Fsp3) is 0.529. The van der Waals surface area contributed by atoms with Gasteiger partial charge < -0.3 is 15.2 Å². The molecule has 1 amide bonds. The van der Waals surface area contributed by atoms with Crippen LogP contribution in [0.3, 0.4) is 0 Å². The van der Waals surface area contributed by atoms with Gasteiger partial charge in [0, 0.05) is 19.6 Å². The van der Waals surface area contributed by atoms with Crippen molar-refractivity contribution in [2.24, 2.45) is 5.92 Å². The number of nitrogens with one attached hydrogen (secondary N) is 1. The van der Waals surface area contributed by atoms with Crippen LogP contribution in [0, 0.1) is 5.92 Å². The summed E-state index contributed by atoms with van der Waals surface area (Å²) in [6.07, 6.45) is 1.32. The van der Waals surface area contributed by atoms with Gasteiger partial charge in [-0.2, -0.15) is 0 Å². The lowest BCUT2D eigenvalue weighted by Gasteiger charge is -2.30. The van der Waals surface area contributed by atoms with Gasteiger partial charge in [-0.25, -0.2) is 17.5 Å². The molecule has 1 saturated heterocycles. The van der Waals surface area contributed by atoms with Gasteiger partial charge in [-0.05, 0) is 37.5 Å². The van der Waals surface area contributed by atoms with E-state index in [9.17, 15) is 18.0 Å². The van der Waals surface area contributed by atoms with Crippen molar-refractivity contribution in [3.05, 3.63) is 29.8 Å². The zero-order chi connectivity index (χ0) is 19.2. The van der Waals surface area contributed by atoms with E-state index in [1.54, 1.807) is 31.2 Å². The molecule has 1 aliphatic heterocycles. The summed E-state index contributed by atoms with van der Waals surface area (Å²) >= 11 is 0. The number of sulfonamides is 1. The lowest BCUT2D eigenvalue weighted by atomic mass is 9.99. The third kappa shape index (κ3) is 5.70. The molecule has 26 heavy (non-hydrogen) atoms. The number of ether oxygens (including phenoxy) is 1. The second-order valence-electron chi connectivity index (χ2n) is 6.15. The molecular weight excluding hydrogens is 360 g/mol. The van der Waals surface area contributed by atoms with E-state index in [2.05, 4.69) is 5.32 Å². The quantitative estimate of drug-likeness (QED) is 0.686. The number of rotatable bonds is 8. The third-order valence-corrected chi connectivity index (χ3v) is 6.09. The Kier molecular flexibility index (Phi) is 6.98. The number of aliphatic carboxylic acids is 1. The van der Waals surface area contributed by atoms with E-state index in [-0.39, 0.29) is 30.7 Å². The van der Waals surface area contributed by atoms with Crippen molar-refractivity contribution in [1.29, 1.82) is 0 Å². The summed E-state index contributed by atoms with van der Waals surface area (Å²) in [6, 6.07) is 6.82. The van der Waals surface area contributed by atoms with Crippen molar-refractivity contribution in [2.45, 2.75) is 26.3 Å². The standard InChI is InChI=1S/C17H24N2O6S/c1-2-26(23,24)19-8-4-6-14(11-19)17(22)18-10-13-5-3-7-15(9-13)25-12-16(20)21/h3,5,7,9,14H,2,4,6,8,10-12H2,1H3,(H,18,22)(H,20,21). The van der Waals surface area contributed by atoms with Crippen LogP contribution in [-0.4, -0.2) is 55.2 Å². The van der Waals surface area contributed by atoms with E-state index in [0.717, 1.165) is 5.56 Å². The molecule has 0 aliphatic carbocycles. The summed E-state index contributed by atoms with van der Waals surface area (Å²) in [5.41, 5.74) is 0.773. The lowest BCUT2D eigenvalue weighted by Crippen LogP contribution is -2.45. The normalized spacial score (nSPS) is 18.3. The van der Waals surface area contributed by atoms with Crippen LogP contribution < -0.4 is 10.1 Å². The number of amides is 1. The second kappa shape index (κ2) is 9.00. The van der Waals surface area contributed by atoms with Crippen LogP contribution in [0.1, 0.15) is 25.3 Å². The smallest absolute Gasteiger partial charge is 0.341 e. The Bertz CT molecular complexity index is 749. The minimum atomic E-state index is -3.28. The highest BCUT2D eigenvalue weighted by atomic mass is 32.2. The van der Waals surface area contributed by atoms with Crippen molar-refractivity contribution >= 4 is 21.9 Å². The molecule has 0 saturated carbocycles. The highest BCUT2D eigenvalue weighted by Gasteiger charge is 2.31. The fourth-order valence-corrected chi connectivity index (χ4v) is 3.99. The number of hydrogen-bond acceptors (Lipinski definition) is 5.